The molecule has 0 saturated carbocycles. The Labute approximate surface area is 312 Å². The van der Waals surface area contributed by atoms with E-state index in [2.05, 4.69) is 119 Å². The van der Waals surface area contributed by atoms with Gasteiger partial charge in [0.2, 0.25) is 0 Å². The molecule has 0 saturated heterocycles. The number of fused-ring (bicyclic) bond motifs is 8. The number of H-pyrrole nitrogens is 2. The van der Waals surface area contributed by atoms with Crippen LogP contribution in [0.25, 0.3) is 90.9 Å². The monoisotopic (exact) mass is 704 g/mol. The van der Waals surface area contributed by atoms with Crippen molar-refractivity contribution in [2.75, 3.05) is 21.3 Å². The first-order chi connectivity index (χ1) is 26.6. The van der Waals surface area contributed by atoms with Crippen molar-refractivity contribution >= 4 is 46.4 Å². The van der Waals surface area contributed by atoms with Crippen LogP contribution in [0, 0.1) is 0 Å². The molecule has 3 aromatic heterocycles. The second-order valence-corrected chi connectivity index (χ2v) is 13.1. The predicted octanol–water partition coefficient (Wildman–Crippen LogP) is 11.3. The van der Waals surface area contributed by atoms with Gasteiger partial charge in [0.05, 0.1) is 44.1 Å². The van der Waals surface area contributed by atoms with Crippen molar-refractivity contribution in [3.05, 3.63) is 150 Å². The molecule has 0 aliphatic carbocycles. The molecule has 9 rings (SSSR count). The third kappa shape index (κ3) is 5.91. The molecule has 7 nitrogen and oxygen atoms in total. The van der Waals surface area contributed by atoms with E-state index >= 15 is 0 Å². The smallest absolute Gasteiger partial charge is 0.118 e. The molecule has 54 heavy (non-hydrogen) atoms. The number of nitrogens with one attached hydrogen (secondary N) is 2. The van der Waals surface area contributed by atoms with Gasteiger partial charge < -0.3 is 24.2 Å². The first-order valence-corrected chi connectivity index (χ1v) is 17.7. The van der Waals surface area contributed by atoms with Gasteiger partial charge in [0, 0.05) is 44.3 Å². The quantitative estimate of drug-likeness (QED) is 0.172. The SMILES string of the molecule is COc1ccc(-c2c3nc(c(-c4ccc(OC)cc4)c4ccc([nH]4)c(-c4ccccc4)c4ccc([nH]4)c(-c4ccc(OC)cc4)c4nc2C=C4)C=C3)cc1. The molecule has 0 amide bonds. The maximum atomic E-state index is 5.52. The molecule has 7 heteroatoms. The van der Waals surface area contributed by atoms with Gasteiger partial charge in [-0.15, -0.1) is 0 Å². The van der Waals surface area contributed by atoms with Gasteiger partial charge in [-0.2, -0.15) is 0 Å². The highest BCUT2D eigenvalue weighted by Crippen LogP contribution is 2.39. The van der Waals surface area contributed by atoms with E-state index in [9.17, 15) is 0 Å². The molecular formula is C47H36N4O3. The zero-order valence-electron chi connectivity index (χ0n) is 30.1. The highest BCUT2D eigenvalue weighted by atomic mass is 16.5. The topological polar surface area (TPSA) is 85.0 Å². The summed E-state index contributed by atoms with van der Waals surface area (Å²) in [7, 11) is 5.04. The van der Waals surface area contributed by atoms with Crippen molar-refractivity contribution in [3.63, 3.8) is 0 Å². The fourth-order valence-electron chi connectivity index (χ4n) is 7.30. The summed E-state index contributed by atoms with van der Waals surface area (Å²) in [5.41, 5.74) is 15.1. The number of ether oxygens (including phenoxy) is 3. The number of rotatable bonds is 7. The van der Waals surface area contributed by atoms with Gasteiger partial charge in [0.25, 0.3) is 0 Å². The van der Waals surface area contributed by atoms with Gasteiger partial charge in [-0.05, 0) is 107 Å². The summed E-state index contributed by atoms with van der Waals surface area (Å²) in [4.78, 5) is 18.3. The largest absolute Gasteiger partial charge is 0.497 e. The van der Waals surface area contributed by atoms with E-state index in [1.807, 2.05) is 42.5 Å². The number of nitrogens with zero attached hydrogens (tertiary/aromatic N) is 2. The first kappa shape index (κ1) is 32.8. The minimum Gasteiger partial charge on any atom is -0.497 e. The molecule has 4 aromatic carbocycles. The first-order valence-electron chi connectivity index (χ1n) is 17.7. The predicted molar refractivity (Wildman–Crippen MR) is 220 cm³/mol. The Morgan fingerprint density at radius 1 is 0.333 bits per heavy atom. The van der Waals surface area contributed by atoms with Gasteiger partial charge in [0.1, 0.15) is 17.2 Å². The van der Waals surface area contributed by atoms with Crippen molar-refractivity contribution in [2.45, 2.75) is 0 Å². The summed E-state index contributed by atoms with van der Waals surface area (Å²) in [5, 5.41) is 0. The Bertz CT molecular complexity index is 2600. The summed E-state index contributed by atoms with van der Waals surface area (Å²) in [5.74, 6) is 2.36. The summed E-state index contributed by atoms with van der Waals surface area (Å²) < 4.78 is 16.6. The lowest BCUT2D eigenvalue weighted by molar-refractivity contribution is 0.415. The average Bonchev–Trinajstić information content (AvgIpc) is 4.07. The lowest BCUT2D eigenvalue weighted by Gasteiger charge is -2.08. The molecule has 0 atom stereocenters. The normalized spacial score (nSPS) is 11.8. The number of hydrogen-bond acceptors (Lipinski definition) is 5. The molecule has 8 bridgehead atoms. The molecule has 2 aliphatic rings. The van der Waals surface area contributed by atoms with Gasteiger partial charge >= 0.3 is 0 Å². The van der Waals surface area contributed by atoms with E-state index < -0.39 is 0 Å². The Kier molecular flexibility index (Phi) is 8.36. The van der Waals surface area contributed by atoms with Crippen molar-refractivity contribution in [2.24, 2.45) is 0 Å². The van der Waals surface area contributed by atoms with Crippen molar-refractivity contribution < 1.29 is 14.2 Å². The minimum absolute atomic E-state index is 0.780. The molecule has 0 unspecified atom stereocenters. The van der Waals surface area contributed by atoms with Crippen LogP contribution in [-0.4, -0.2) is 41.3 Å². The number of hydrogen-bond donors (Lipinski definition) is 2. The Balaban J connectivity index is 1.44. The van der Waals surface area contributed by atoms with Crippen LogP contribution in [0.3, 0.4) is 0 Å². The lowest BCUT2D eigenvalue weighted by atomic mass is 10.0. The summed E-state index contributed by atoms with van der Waals surface area (Å²) >= 11 is 0. The fourth-order valence-corrected chi connectivity index (χ4v) is 7.30. The Morgan fingerprint density at radius 3 is 1.02 bits per heavy atom. The van der Waals surface area contributed by atoms with Gasteiger partial charge in [0.15, 0.2) is 0 Å². The van der Waals surface area contributed by atoms with Crippen LogP contribution in [0.1, 0.15) is 22.8 Å². The van der Waals surface area contributed by atoms with E-state index in [0.717, 1.165) is 107 Å². The van der Waals surface area contributed by atoms with Crippen LogP contribution in [0.4, 0.5) is 0 Å². The minimum atomic E-state index is 0.780. The molecule has 2 aliphatic heterocycles. The molecular weight excluding hydrogens is 669 g/mol. The van der Waals surface area contributed by atoms with E-state index in [1.54, 1.807) is 21.3 Å². The van der Waals surface area contributed by atoms with E-state index in [4.69, 9.17) is 24.2 Å². The van der Waals surface area contributed by atoms with Crippen LogP contribution in [0.5, 0.6) is 17.2 Å². The number of aromatic nitrogens is 4. The molecule has 2 N–H and O–H groups in total. The Hall–Kier alpha value is -7.12. The van der Waals surface area contributed by atoms with Crippen LogP contribution in [-0.2, 0) is 0 Å². The van der Waals surface area contributed by atoms with E-state index in [0.29, 0.717) is 0 Å². The second-order valence-electron chi connectivity index (χ2n) is 13.1. The van der Waals surface area contributed by atoms with Crippen LogP contribution in [0.15, 0.2) is 127 Å². The molecule has 5 heterocycles. The summed E-state index contributed by atoms with van der Waals surface area (Å²) in [6.45, 7) is 0. The number of benzene rings is 4. The summed E-state index contributed by atoms with van der Waals surface area (Å²) in [6.07, 6.45) is 8.35. The van der Waals surface area contributed by atoms with Gasteiger partial charge in [-0.25, -0.2) is 9.97 Å². The third-order valence-corrected chi connectivity index (χ3v) is 9.95. The highest BCUT2D eigenvalue weighted by Gasteiger charge is 2.20. The fraction of sp³-hybridized carbons (Fsp3) is 0.0638. The summed E-state index contributed by atoms with van der Waals surface area (Å²) in [6, 6.07) is 43.4. The maximum absolute atomic E-state index is 5.52. The zero-order valence-corrected chi connectivity index (χ0v) is 30.1. The third-order valence-electron chi connectivity index (χ3n) is 9.95. The van der Waals surface area contributed by atoms with Crippen LogP contribution >= 0.6 is 0 Å². The maximum Gasteiger partial charge on any atom is 0.118 e. The average molecular weight is 705 g/mol. The molecule has 262 valence electrons. The number of methoxy groups -OCH3 is 3. The molecule has 7 aromatic rings. The van der Waals surface area contributed by atoms with Gasteiger partial charge in [-0.1, -0.05) is 66.7 Å². The van der Waals surface area contributed by atoms with Crippen LogP contribution in [0.2, 0.25) is 0 Å². The van der Waals surface area contributed by atoms with Crippen LogP contribution < -0.4 is 14.2 Å². The second kappa shape index (κ2) is 13.8. The molecule has 0 spiro atoms. The standard InChI is InChI=1S/C47H36N4O3/c1-52-33-15-9-30(10-16-33)45-38-23-21-36(48-38)44(29-7-5-4-6-8-29)37-22-24-39(49-37)46(31-11-17-34(53-2)18-12-31)41-26-28-43(51-41)47(42-27-25-40(45)50-42)32-13-19-35(54-3)20-14-32/h4-28,48-49H,1-3H3. The van der Waals surface area contributed by atoms with Crippen molar-refractivity contribution in [1.29, 1.82) is 0 Å². The van der Waals surface area contributed by atoms with Crippen molar-refractivity contribution in [1.82, 2.24) is 19.9 Å². The molecule has 0 fully saturated rings. The number of aromatic amines is 2. The van der Waals surface area contributed by atoms with Gasteiger partial charge in [-0.3, -0.25) is 0 Å². The van der Waals surface area contributed by atoms with Crippen molar-refractivity contribution in [3.8, 4) is 61.8 Å². The molecule has 0 radical (unpaired) electrons. The Morgan fingerprint density at radius 2 is 0.648 bits per heavy atom. The zero-order chi connectivity index (χ0) is 36.6. The highest BCUT2D eigenvalue weighted by molar-refractivity contribution is 6.00. The van der Waals surface area contributed by atoms with E-state index in [-0.39, 0.29) is 0 Å². The van der Waals surface area contributed by atoms with E-state index in [1.165, 1.54) is 0 Å². The lowest BCUT2D eigenvalue weighted by Crippen LogP contribution is -1.92.